The van der Waals surface area contributed by atoms with Crippen molar-refractivity contribution < 1.29 is 27.4 Å². The van der Waals surface area contributed by atoms with Crippen LogP contribution in [0.15, 0.2) is 24.3 Å². The third-order valence-corrected chi connectivity index (χ3v) is 8.90. The van der Waals surface area contributed by atoms with Gasteiger partial charge >= 0.3 is 6.09 Å². The zero-order chi connectivity index (χ0) is 24.8. The summed E-state index contributed by atoms with van der Waals surface area (Å²) >= 11 is 0. The van der Waals surface area contributed by atoms with E-state index in [-0.39, 0.29) is 12.7 Å². The number of amides is 1. The molecular formula is C25H39N3O6S. The fourth-order valence-electron chi connectivity index (χ4n) is 5.22. The van der Waals surface area contributed by atoms with Gasteiger partial charge in [0.25, 0.3) is 10.2 Å². The molecule has 4 bridgehead atoms. The van der Waals surface area contributed by atoms with E-state index in [0.717, 1.165) is 42.2 Å². The maximum absolute atomic E-state index is 13.0. The Morgan fingerprint density at radius 3 is 2.49 bits per heavy atom. The molecule has 9 nitrogen and oxygen atoms in total. The van der Waals surface area contributed by atoms with Crippen molar-refractivity contribution in [2.75, 3.05) is 40.5 Å². The average molecular weight is 510 g/mol. The summed E-state index contributed by atoms with van der Waals surface area (Å²) in [5.41, 5.74) is 1.31. The molecule has 1 saturated heterocycles. The predicted octanol–water partition coefficient (Wildman–Crippen LogP) is 3.27. The molecule has 3 aliphatic heterocycles. The van der Waals surface area contributed by atoms with Gasteiger partial charge in [0, 0.05) is 26.7 Å². The van der Waals surface area contributed by atoms with Crippen molar-refractivity contribution in [1.29, 1.82) is 0 Å². The normalized spacial score (nSPS) is 29.0. The largest absolute Gasteiger partial charge is 0.494 e. The Kier molecular flexibility index (Phi) is 8.91. The van der Waals surface area contributed by atoms with Gasteiger partial charge in [-0.15, -0.1) is 0 Å². The van der Waals surface area contributed by atoms with Gasteiger partial charge in [-0.1, -0.05) is 12.1 Å². The van der Waals surface area contributed by atoms with E-state index in [1.54, 1.807) is 4.90 Å². The van der Waals surface area contributed by atoms with E-state index in [4.69, 9.17) is 14.2 Å². The van der Waals surface area contributed by atoms with E-state index < -0.39 is 28.4 Å². The van der Waals surface area contributed by atoms with Crippen LogP contribution in [-0.4, -0.2) is 82.4 Å². The van der Waals surface area contributed by atoms with Gasteiger partial charge in [-0.2, -0.15) is 17.4 Å². The second kappa shape index (κ2) is 11.9. The third-order valence-electron chi connectivity index (χ3n) is 7.33. The number of nitrogens with zero attached hydrogens (tertiary/aromatic N) is 2. The van der Waals surface area contributed by atoms with Crippen molar-refractivity contribution in [3.63, 3.8) is 0 Å². The number of nitrogens with one attached hydrogen (secondary N) is 1. The molecular weight excluding hydrogens is 470 g/mol. The Hall–Kier alpha value is -1.88. The molecule has 1 N–H and O–H groups in total. The summed E-state index contributed by atoms with van der Waals surface area (Å²) in [6.45, 7) is 1.68. The van der Waals surface area contributed by atoms with Gasteiger partial charge in [-0.05, 0) is 75.0 Å². The smallest absolute Gasteiger partial charge is 0.410 e. The van der Waals surface area contributed by atoms with Crippen molar-refractivity contribution in [2.45, 2.75) is 75.5 Å². The minimum atomic E-state index is -3.64. The molecule has 1 saturated carbocycles. The number of rotatable bonds is 3. The minimum Gasteiger partial charge on any atom is -0.494 e. The van der Waals surface area contributed by atoms with Gasteiger partial charge < -0.3 is 19.1 Å². The molecule has 10 heteroatoms. The maximum atomic E-state index is 13.0. The summed E-state index contributed by atoms with van der Waals surface area (Å²) in [6, 6.07) is 7.53. The fourth-order valence-corrected chi connectivity index (χ4v) is 6.08. The Morgan fingerprint density at radius 2 is 1.74 bits per heavy atom. The van der Waals surface area contributed by atoms with Crippen LogP contribution >= 0.6 is 0 Å². The van der Waals surface area contributed by atoms with Crippen LogP contribution in [0, 0.1) is 0 Å². The molecule has 0 unspecified atom stereocenters. The lowest BCUT2D eigenvalue weighted by Gasteiger charge is -2.41. The first-order valence-electron chi connectivity index (χ1n) is 12.8. The highest BCUT2D eigenvalue weighted by atomic mass is 32.2. The van der Waals surface area contributed by atoms with Crippen LogP contribution in [0.4, 0.5) is 4.79 Å². The number of benzene rings is 1. The van der Waals surface area contributed by atoms with Crippen molar-refractivity contribution in [1.82, 2.24) is 13.9 Å². The van der Waals surface area contributed by atoms with Gasteiger partial charge in [0.1, 0.15) is 5.75 Å². The predicted molar refractivity (Wildman–Crippen MR) is 133 cm³/mol. The van der Waals surface area contributed by atoms with E-state index >= 15 is 0 Å². The van der Waals surface area contributed by atoms with Crippen LogP contribution in [0.25, 0.3) is 0 Å². The molecule has 0 spiro atoms. The van der Waals surface area contributed by atoms with Crippen molar-refractivity contribution in [3.05, 3.63) is 29.8 Å². The van der Waals surface area contributed by atoms with Gasteiger partial charge in [0.05, 0.1) is 32.0 Å². The lowest BCUT2D eigenvalue weighted by atomic mass is 9.82. The number of ether oxygens (including phenoxy) is 3. The van der Waals surface area contributed by atoms with E-state index in [1.165, 1.54) is 19.7 Å². The summed E-state index contributed by atoms with van der Waals surface area (Å²) in [7, 11) is -0.654. The molecule has 5 rings (SSSR count). The first-order valence-corrected chi connectivity index (χ1v) is 14.2. The van der Waals surface area contributed by atoms with E-state index in [0.29, 0.717) is 44.9 Å². The molecule has 0 radical (unpaired) electrons. The quantitative estimate of drug-likeness (QED) is 0.672. The number of carbonyl (C=O) groups is 1. The standard InChI is InChI=1S/C25H39N3O6S/c1-27(2)35(30,31)26-23-9-6-14-28-24(23)18-34-21-12-10-19(11-13-21)20-7-5-8-22(17-20)32-15-3-4-16-33-25(28)29/h5,7-8,17,19,21,23-24,26H,3-4,6,9-16,18H2,1-2H3/t19?,21?,23-,24-/m1/s1. The second-order valence-corrected chi connectivity index (χ2v) is 11.9. The number of carbonyl (C=O) groups excluding carboxylic acids is 1. The van der Waals surface area contributed by atoms with Crippen molar-refractivity contribution in [3.8, 4) is 5.75 Å². The first kappa shape index (κ1) is 26.2. The molecule has 2 fully saturated rings. The summed E-state index contributed by atoms with van der Waals surface area (Å²) in [5, 5.41) is 0. The van der Waals surface area contributed by atoms with Crippen LogP contribution in [-0.2, 0) is 19.7 Å². The average Bonchev–Trinajstić information content (AvgIpc) is 2.85. The van der Waals surface area contributed by atoms with Crippen molar-refractivity contribution in [2.24, 2.45) is 0 Å². The molecule has 35 heavy (non-hydrogen) atoms. The van der Waals surface area contributed by atoms with Crippen molar-refractivity contribution >= 4 is 16.3 Å². The van der Waals surface area contributed by atoms with E-state index in [2.05, 4.69) is 22.9 Å². The number of fused-ring (bicyclic) bond motifs is 9. The van der Waals surface area contributed by atoms with E-state index in [1.807, 2.05) is 6.07 Å². The Bertz CT molecular complexity index is 948. The molecule has 3 heterocycles. The lowest BCUT2D eigenvalue weighted by Crippen LogP contribution is -2.60. The molecule has 4 aliphatic rings. The Balaban J connectivity index is 1.50. The summed E-state index contributed by atoms with van der Waals surface area (Å²) < 4.78 is 46.9. The molecule has 1 aromatic carbocycles. The lowest BCUT2D eigenvalue weighted by molar-refractivity contribution is -0.0269. The molecule has 2 atom stereocenters. The van der Waals surface area contributed by atoms with Gasteiger partial charge in [0.2, 0.25) is 0 Å². The van der Waals surface area contributed by atoms with Crippen LogP contribution < -0.4 is 9.46 Å². The number of hydrogen-bond acceptors (Lipinski definition) is 6. The van der Waals surface area contributed by atoms with Gasteiger partial charge in [-0.3, -0.25) is 0 Å². The SMILES string of the molecule is CN(C)S(=O)(=O)N[C@@H]1CCCN2C(=O)OCCCCOc3cccc(c3)C3CCC(CC3)OC[C@H]12. The first-order chi connectivity index (χ1) is 16.8. The molecule has 1 aliphatic carbocycles. The molecule has 1 amide bonds. The highest BCUT2D eigenvalue weighted by Crippen LogP contribution is 2.35. The zero-order valence-electron chi connectivity index (χ0n) is 20.9. The number of piperidine rings is 1. The summed E-state index contributed by atoms with van der Waals surface area (Å²) in [4.78, 5) is 14.6. The summed E-state index contributed by atoms with van der Waals surface area (Å²) in [6.07, 6.45) is 6.42. The van der Waals surface area contributed by atoms with Gasteiger partial charge in [0.15, 0.2) is 0 Å². The summed E-state index contributed by atoms with van der Waals surface area (Å²) in [5.74, 6) is 1.37. The highest BCUT2D eigenvalue weighted by Gasteiger charge is 2.38. The van der Waals surface area contributed by atoms with Crippen LogP contribution in [0.2, 0.25) is 0 Å². The Morgan fingerprint density at radius 1 is 1.00 bits per heavy atom. The second-order valence-electron chi connectivity index (χ2n) is 9.96. The molecule has 0 aromatic heterocycles. The molecule has 1 aromatic rings. The monoisotopic (exact) mass is 509 g/mol. The van der Waals surface area contributed by atoms with Crippen LogP contribution in [0.1, 0.15) is 62.8 Å². The van der Waals surface area contributed by atoms with E-state index in [9.17, 15) is 13.2 Å². The van der Waals surface area contributed by atoms with Gasteiger partial charge in [-0.25, -0.2) is 4.79 Å². The van der Waals surface area contributed by atoms with Crippen LogP contribution in [0.3, 0.4) is 0 Å². The fraction of sp³-hybridized carbons (Fsp3) is 0.720. The highest BCUT2D eigenvalue weighted by molar-refractivity contribution is 7.87. The number of hydrogen-bond donors (Lipinski definition) is 1. The Labute approximate surface area is 209 Å². The van der Waals surface area contributed by atoms with Crippen LogP contribution in [0.5, 0.6) is 5.75 Å². The molecule has 196 valence electrons. The topological polar surface area (TPSA) is 97.4 Å². The maximum Gasteiger partial charge on any atom is 0.410 e. The minimum absolute atomic E-state index is 0.0930. The zero-order valence-corrected chi connectivity index (χ0v) is 21.7. The third kappa shape index (κ3) is 6.87.